The third-order valence-electron chi connectivity index (χ3n) is 7.14. The lowest BCUT2D eigenvalue weighted by molar-refractivity contribution is -0.0200. The van der Waals surface area contributed by atoms with E-state index in [4.69, 9.17) is 18.9 Å². The van der Waals surface area contributed by atoms with Crippen LogP contribution in [0.3, 0.4) is 0 Å². The molecule has 3 atom stereocenters. The molecule has 0 spiro atoms. The number of thioether (sulfide) groups is 1. The van der Waals surface area contributed by atoms with E-state index in [1.165, 1.54) is 50.3 Å². The highest BCUT2D eigenvalue weighted by atomic mass is 32.2. The highest BCUT2D eigenvalue weighted by Gasteiger charge is 2.22. The molecule has 8 nitrogen and oxygen atoms in total. The molecule has 3 unspecified atom stereocenters. The molecule has 0 fully saturated rings. The Hall–Kier alpha value is -2.42. The first kappa shape index (κ1) is 43.6. The molecule has 0 aromatic carbocycles. The first-order valence-corrected chi connectivity index (χ1v) is 19.0. The lowest BCUT2D eigenvalue weighted by Gasteiger charge is -2.23. The Morgan fingerprint density at radius 1 is 0.583 bits per heavy atom. The highest BCUT2D eigenvalue weighted by Crippen LogP contribution is 2.27. The van der Waals surface area contributed by atoms with E-state index in [9.17, 15) is 14.4 Å². The molecule has 1 N–H and O–H groups in total. The largest absolute Gasteiger partial charge is 0.509 e. The summed E-state index contributed by atoms with van der Waals surface area (Å²) in [5, 5.41) is 2.66. The Morgan fingerprint density at radius 3 is 1.40 bits per heavy atom. The Labute approximate surface area is 296 Å². The van der Waals surface area contributed by atoms with E-state index in [0.717, 1.165) is 57.8 Å². The van der Waals surface area contributed by atoms with Gasteiger partial charge in [-0.2, -0.15) is 0 Å². The fourth-order valence-electron chi connectivity index (χ4n) is 4.95. The summed E-state index contributed by atoms with van der Waals surface area (Å²) in [6, 6.07) is 0. The summed E-state index contributed by atoms with van der Waals surface area (Å²) in [6.45, 7) is 17.4. The second-order valence-corrected chi connectivity index (χ2v) is 17.5. The van der Waals surface area contributed by atoms with Gasteiger partial charge in [0, 0.05) is 10.3 Å². The average Bonchev–Trinajstić information content (AvgIpc) is 2.86. The van der Waals surface area contributed by atoms with Crippen LogP contribution in [-0.4, -0.2) is 51.7 Å². The molecule has 0 aliphatic heterocycles. The van der Waals surface area contributed by atoms with Gasteiger partial charge in [0.2, 0.25) is 0 Å². The summed E-state index contributed by atoms with van der Waals surface area (Å²) in [7, 11) is 0. The second kappa shape index (κ2) is 23.1. The second-order valence-electron chi connectivity index (χ2n) is 15.8. The molecule has 0 heterocycles. The predicted octanol–water partition coefficient (Wildman–Crippen LogP) is 11.8. The molecule has 3 rings (SSSR count). The Bertz CT molecular complexity index is 888. The smallest absolute Gasteiger partial charge is 0.450 e. The van der Waals surface area contributed by atoms with E-state index in [-0.39, 0.29) is 40.0 Å². The van der Waals surface area contributed by atoms with Crippen LogP contribution in [0.25, 0.3) is 0 Å². The summed E-state index contributed by atoms with van der Waals surface area (Å²) in [5.74, 6) is 0. The van der Waals surface area contributed by atoms with Crippen LogP contribution in [0.4, 0.5) is 14.4 Å². The Morgan fingerprint density at radius 2 is 1.00 bits per heavy atom. The molecule has 3 aliphatic rings. The maximum absolute atomic E-state index is 11.6. The zero-order valence-corrected chi connectivity index (χ0v) is 32.4. The molecule has 1 amide bonds. The van der Waals surface area contributed by atoms with Gasteiger partial charge in [-0.25, -0.2) is 14.4 Å². The monoisotopic (exact) mass is 693 g/mol. The molecule has 0 bridgehead atoms. The van der Waals surface area contributed by atoms with E-state index < -0.39 is 11.8 Å². The maximum Gasteiger partial charge on any atom is 0.509 e. The van der Waals surface area contributed by atoms with Gasteiger partial charge in [0.1, 0.15) is 23.9 Å². The van der Waals surface area contributed by atoms with Crippen molar-refractivity contribution in [2.24, 2.45) is 0 Å². The van der Waals surface area contributed by atoms with Crippen molar-refractivity contribution in [2.75, 3.05) is 0 Å². The molecule has 3 aliphatic carbocycles. The summed E-state index contributed by atoms with van der Waals surface area (Å²) in [5.41, 5.74) is -0.717. The number of allylic oxidation sites excluding steroid dienone is 3. The van der Waals surface area contributed by atoms with Crippen LogP contribution in [0, 0.1) is 0 Å². The van der Waals surface area contributed by atoms with Crippen LogP contribution in [0.5, 0.6) is 0 Å². The van der Waals surface area contributed by atoms with Crippen molar-refractivity contribution in [3.05, 3.63) is 36.5 Å². The average molecular weight is 694 g/mol. The zero-order chi connectivity index (χ0) is 36.1. The van der Waals surface area contributed by atoms with Gasteiger partial charge < -0.3 is 24.3 Å². The summed E-state index contributed by atoms with van der Waals surface area (Å²) < 4.78 is 21.1. The fraction of sp³-hybridized carbons (Fsp3) is 0.769. The van der Waals surface area contributed by atoms with Crippen LogP contribution >= 0.6 is 11.8 Å². The van der Waals surface area contributed by atoms with Gasteiger partial charge >= 0.3 is 17.5 Å². The number of amides is 1. The van der Waals surface area contributed by atoms with E-state index in [2.05, 4.69) is 23.5 Å². The normalized spacial score (nSPS) is 24.1. The minimum Gasteiger partial charge on any atom is -0.450 e. The van der Waals surface area contributed by atoms with Gasteiger partial charge in [-0.1, -0.05) is 58.3 Å². The third-order valence-corrected chi connectivity index (χ3v) is 8.02. The lowest BCUT2D eigenvalue weighted by Crippen LogP contribution is -2.42. The van der Waals surface area contributed by atoms with Crippen LogP contribution in [0.15, 0.2) is 36.5 Å². The fourth-order valence-corrected chi connectivity index (χ4v) is 5.62. The SMILES string of the molecule is CC(C)(C)NC(=O)OC1/C=C/CCCCC1.CC(C)(C)OC(=O)OC1/C=C/CCCCC1.CC(C)(C)SC(=O)OC1/C=C/CCCCC1. The molecule has 0 aromatic rings. The van der Waals surface area contributed by atoms with E-state index in [1.54, 1.807) is 0 Å². The van der Waals surface area contributed by atoms with Gasteiger partial charge in [-0.3, -0.25) is 0 Å². The molecular formula is C39H67NO7S. The first-order chi connectivity index (χ1) is 22.4. The topological polar surface area (TPSA) is 100 Å². The third kappa shape index (κ3) is 26.5. The number of nitrogens with one attached hydrogen (secondary N) is 1. The lowest BCUT2D eigenvalue weighted by atomic mass is 10.0. The van der Waals surface area contributed by atoms with Crippen molar-refractivity contribution in [3.8, 4) is 0 Å². The van der Waals surface area contributed by atoms with Crippen LogP contribution in [-0.2, 0) is 18.9 Å². The quantitative estimate of drug-likeness (QED) is 0.177. The van der Waals surface area contributed by atoms with Gasteiger partial charge in [-0.15, -0.1) is 0 Å². The standard InChI is InChI=1S/C13H23NO2.C13H22O3.C13H22O2S/c1-13(2,3)14-12(15)16-11-9-7-5-4-6-8-10-11;2*1-13(2,3)16-12(14)15-11-9-7-5-4-6-8-10-11/h7,9,11H,4-6,8,10H2,1-3H3,(H,14,15);2*7,9,11H,4-6,8,10H2,1-3H3/b3*9-7+. The van der Waals surface area contributed by atoms with Gasteiger partial charge in [0.25, 0.3) is 0 Å². The van der Waals surface area contributed by atoms with Crippen molar-refractivity contribution in [1.29, 1.82) is 0 Å². The van der Waals surface area contributed by atoms with Crippen molar-refractivity contribution in [1.82, 2.24) is 5.32 Å². The molecule has 0 aromatic heterocycles. The zero-order valence-electron chi connectivity index (χ0n) is 31.6. The molecule has 48 heavy (non-hydrogen) atoms. The van der Waals surface area contributed by atoms with E-state index >= 15 is 0 Å². The van der Waals surface area contributed by atoms with Crippen LogP contribution < -0.4 is 5.32 Å². The number of carbonyl (C=O) groups excluding carboxylic acids is 3. The summed E-state index contributed by atoms with van der Waals surface area (Å²) in [6.07, 6.45) is 28.2. The molecule has 276 valence electrons. The number of ether oxygens (including phenoxy) is 4. The maximum atomic E-state index is 11.6. The first-order valence-electron chi connectivity index (χ1n) is 18.2. The van der Waals surface area contributed by atoms with E-state index in [1.807, 2.05) is 80.5 Å². The molecule has 0 radical (unpaired) electrons. The predicted molar refractivity (Wildman–Crippen MR) is 199 cm³/mol. The molecule has 0 saturated heterocycles. The number of hydrogen-bond acceptors (Lipinski definition) is 8. The van der Waals surface area contributed by atoms with Gasteiger partial charge in [0.05, 0.1) is 0 Å². The number of rotatable bonds is 3. The van der Waals surface area contributed by atoms with Crippen LogP contribution in [0.2, 0.25) is 0 Å². The Kier molecular flexibility index (Phi) is 21.0. The van der Waals surface area contributed by atoms with Crippen LogP contribution in [0.1, 0.15) is 159 Å². The molecule has 0 saturated carbocycles. The summed E-state index contributed by atoms with van der Waals surface area (Å²) in [4.78, 5) is 34.6. The van der Waals surface area contributed by atoms with Gasteiger partial charge in [0.15, 0.2) is 0 Å². The highest BCUT2D eigenvalue weighted by molar-refractivity contribution is 8.14. The Balaban J connectivity index is 0.000000360. The van der Waals surface area contributed by atoms with Gasteiger partial charge in [-0.05, 0) is 149 Å². The minimum absolute atomic E-state index is 0.0114. The van der Waals surface area contributed by atoms with Crippen molar-refractivity contribution < 1.29 is 33.3 Å². The molecular weight excluding hydrogens is 626 g/mol. The van der Waals surface area contributed by atoms with E-state index in [0.29, 0.717) is 0 Å². The molecule has 9 heteroatoms. The van der Waals surface area contributed by atoms with Crippen molar-refractivity contribution >= 4 is 29.3 Å². The number of carbonyl (C=O) groups is 3. The summed E-state index contributed by atoms with van der Waals surface area (Å²) >= 11 is 1.27. The number of hydrogen-bond donors (Lipinski definition) is 1. The van der Waals surface area contributed by atoms with Crippen molar-refractivity contribution in [3.63, 3.8) is 0 Å². The number of alkyl carbamates (subject to hydrolysis) is 1. The van der Waals surface area contributed by atoms with Crippen molar-refractivity contribution in [2.45, 2.75) is 193 Å². The minimum atomic E-state index is -0.567.